The quantitative estimate of drug-likeness (QED) is 0.617. The molecule has 0 aliphatic rings. The van der Waals surface area contributed by atoms with E-state index in [0.717, 1.165) is 5.56 Å². The van der Waals surface area contributed by atoms with Gasteiger partial charge >= 0.3 is 0 Å². The van der Waals surface area contributed by atoms with Gasteiger partial charge in [0.25, 0.3) is 5.09 Å². The molecule has 0 saturated heterocycles. The minimum Gasteiger partial charge on any atom is -0.328 e. The van der Waals surface area contributed by atoms with Crippen LogP contribution in [-0.2, 0) is 0 Å². The Kier molecular flexibility index (Phi) is 9.10. The maximum absolute atomic E-state index is 8.36. The summed E-state index contributed by atoms with van der Waals surface area (Å²) in [6, 6.07) is 9.53. The Balaban J connectivity index is 0.000000257. The SMILES string of the molecule is C=Cc1ccncc1.O=[N+]([O-])O.c1ccncc1. The standard InChI is InChI=1S/C7H7N.C5H5N.HNO3/c1-2-7-3-5-8-6-4-7;1-2-4-6-5-3-1;2-1(3)4/h2-6H,1H2;1-5H;(H,2,3,4). The van der Waals surface area contributed by atoms with E-state index in [1.165, 1.54) is 0 Å². The van der Waals surface area contributed by atoms with Gasteiger partial charge in [0.05, 0.1) is 0 Å². The summed E-state index contributed by atoms with van der Waals surface area (Å²) >= 11 is 0. The molecule has 0 unspecified atom stereocenters. The fourth-order valence-electron chi connectivity index (χ4n) is 0.812. The van der Waals surface area contributed by atoms with Gasteiger partial charge in [-0.05, 0) is 29.8 Å². The lowest BCUT2D eigenvalue weighted by atomic mass is 10.3. The second-order valence-corrected chi connectivity index (χ2v) is 2.75. The number of rotatable bonds is 1. The zero-order chi connectivity index (χ0) is 13.6. The summed E-state index contributed by atoms with van der Waals surface area (Å²) < 4.78 is 0. The minimum atomic E-state index is -1.50. The fraction of sp³-hybridized carbons (Fsp3) is 0. The molecule has 0 aromatic carbocycles. The predicted octanol–water partition coefficient (Wildman–Crippen LogP) is 2.46. The Labute approximate surface area is 104 Å². The van der Waals surface area contributed by atoms with E-state index in [1.807, 2.05) is 30.3 Å². The first-order valence-electron chi connectivity index (χ1n) is 4.87. The molecule has 0 saturated carbocycles. The molecule has 18 heavy (non-hydrogen) atoms. The van der Waals surface area contributed by atoms with Crippen molar-refractivity contribution in [2.75, 3.05) is 0 Å². The molecule has 2 heterocycles. The van der Waals surface area contributed by atoms with Crippen LogP contribution in [0.5, 0.6) is 0 Å². The molecule has 2 aromatic rings. The van der Waals surface area contributed by atoms with Crippen molar-refractivity contribution in [3.8, 4) is 0 Å². The molecule has 0 amide bonds. The van der Waals surface area contributed by atoms with Crippen LogP contribution in [0.4, 0.5) is 0 Å². The number of nitrogens with zero attached hydrogens (tertiary/aromatic N) is 3. The summed E-state index contributed by atoms with van der Waals surface area (Å²) in [6.07, 6.45) is 8.79. The van der Waals surface area contributed by atoms with Gasteiger partial charge in [0, 0.05) is 24.8 Å². The summed E-state index contributed by atoms with van der Waals surface area (Å²) in [5.74, 6) is 0. The van der Waals surface area contributed by atoms with Gasteiger partial charge in [0.1, 0.15) is 0 Å². The molecule has 0 aliphatic heterocycles. The van der Waals surface area contributed by atoms with Crippen LogP contribution < -0.4 is 0 Å². The highest BCUT2D eigenvalue weighted by Crippen LogP contribution is 1.94. The van der Waals surface area contributed by atoms with Gasteiger partial charge in [-0.15, -0.1) is 10.1 Å². The molecule has 6 nitrogen and oxygen atoms in total. The Morgan fingerprint density at radius 3 is 1.78 bits per heavy atom. The third kappa shape index (κ3) is 11.3. The largest absolute Gasteiger partial charge is 0.328 e. The Morgan fingerprint density at radius 1 is 1.11 bits per heavy atom. The smallest absolute Gasteiger partial charge is 0.291 e. The summed E-state index contributed by atoms with van der Waals surface area (Å²) in [4.78, 5) is 16.0. The Bertz CT molecular complexity index is 404. The van der Waals surface area contributed by atoms with Crippen molar-refractivity contribution in [3.05, 3.63) is 77.4 Å². The third-order valence-corrected chi connectivity index (χ3v) is 1.51. The van der Waals surface area contributed by atoms with Crippen molar-refractivity contribution in [1.29, 1.82) is 0 Å². The van der Waals surface area contributed by atoms with E-state index in [-0.39, 0.29) is 0 Å². The van der Waals surface area contributed by atoms with Gasteiger partial charge in [-0.1, -0.05) is 18.7 Å². The van der Waals surface area contributed by atoms with Crippen LogP contribution in [0.15, 0.2) is 61.7 Å². The van der Waals surface area contributed by atoms with Crippen molar-refractivity contribution in [3.63, 3.8) is 0 Å². The highest BCUT2D eigenvalue weighted by atomic mass is 16.9. The summed E-state index contributed by atoms with van der Waals surface area (Å²) in [5, 5.41) is 13.6. The van der Waals surface area contributed by atoms with Gasteiger partial charge in [0.15, 0.2) is 0 Å². The Hall–Kier alpha value is -2.76. The predicted molar refractivity (Wildman–Crippen MR) is 67.3 cm³/mol. The summed E-state index contributed by atoms with van der Waals surface area (Å²) in [6.45, 7) is 3.60. The van der Waals surface area contributed by atoms with Crippen molar-refractivity contribution in [2.45, 2.75) is 0 Å². The van der Waals surface area contributed by atoms with Crippen molar-refractivity contribution in [2.24, 2.45) is 0 Å². The lowest BCUT2D eigenvalue weighted by Crippen LogP contribution is -1.81. The van der Waals surface area contributed by atoms with Crippen LogP contribution in [0, 0.1) is 10.1 Å². The molecule has 0 bridgehead atoms. The molecule has 0 atom stereocenters. The molecule has 2 aromatic heterocycles. The second kappa shape index (κ2) is 10.7. The van der Waals surface area contributed by atoms with Gasteiger partial charge < -0.3 is 5.21 Å². The van der Waals surface area contributed by atoms with Crippen LogP contribution in [0.2, 0.25) is 0 Å². The molecule has 0 radical (unpaired) electrons. The molecular formula is C12H13N3O3. The van der Waals surface area contributed by atoms with Gasteiger partial charge in [-0.2, -0.15) is 0 Å². The van der Waals surface area contributed by atoms with E-state index in [9.17, 15) is 0 Å². The third-order valence-electron chi connectivity index (χ3n) is 1.51. The number of aromatic nitrogens is 2. The first-order chi connectivity index (χ1) is 8.66. The topological polar surface area (TPSA) is 89.2 Å². The molecule has 0 aliphatic carbocycles. The molecular weight excluding hydrogens is 234 g/mol. The van der Waals surface area contributed by atoms with Crippen LogP contribution in [0.3, 0.4) is 0 Å². The fourth-order valence-corrected chi connectivity index (χ4v) is 0.812. The van der Waals surface area contributed by atoms with Crippen LogP contribution in [0.25, 0.3) is 6.08 Å². The number of pyridine rings is 2. The average molecular weight is 247 g/mol. The molecule has 6 heteroatoms. The number of hydrogen-bond donors (Lipinski definition) is 1. The van der Waals surface area contributed by atoms with Gasteiger partial charge in [-0.3, -0.25) is 9.97 Å². The minimum absolute atomic E-state index is 1.11. The normalized spacial score (nSPS) is 7.78. The van der Waals surface area contributed by atoms with E-state index in [2.05, 4.69) is 16.5 Å². The highest BCUT2D eigenvalue weighted by molar-refractivity contribution is 5.44. The maximum Gasteiger partial charge on any atom is 0.291 e. The lowest BCUT2D eigenvalue weighted by molar-refractivity contribution is -0.742. The van der Waals surface area contributed by atoms with Crippen LogP contribution >= 0.6 is 0 Å². The highest BCUT2D eigenvalue weighted by Gasteiger charge is 1.76. The van der Waals surface area contributed by atoms with E-state index >= 15 is 0 Å². The summed E-state index contributed by atoms with van der Waals surface area (Å²) in [7, 11) is 0. The summed E-state index contributed by atoms with van der Waals surface area (Å²) in [5.41, 5.74) is 1.11. The second-order valence-electron chi connectivity index (χ2n) is 2.75. The average Bonchev–Trinajstić information content (AvgIpc) is 2.42. The molecule has 94 valence electrons. The van der Waals surface area contributed by atoms with Crippen LogP contribution in [0.1, 0.15) is 5.56 Å². The van der Waals surface area contributed by atoms with Crippen molar-refractivity contribution in [1.82, 2.24) is 9.97 Å². The van der Waals surface area contributed by atoms with Crippen molar-refractivity contribution < 1.29 is 10.3 Å². The molecule has 2 rings (SSSR count). The lowest BCUT2D eigenvalue weighted by Gasteiger charge is -1.84. The first-order valence-corrected chi connectivity index (χ1v) is 4.87. The monoisotopic (exact) mass is 247 g/mol. The Morgan fingerprint density at radius 2 is 1.56 bits per heavy atom. The zero-order valence-corrected chi connectivity index (χ0v) is 9.59. The van der Waals surface area contributed by atoms with E-state index in [4.69, 9.17) is 15.3 Å². The van der Waals surface area contributed by atoms with E-state index in [0.29, 0.717) is 0 Å². The molecule has 0 spiro atoms. The van der Waals surface area contributed by atoms with Crippen molar-refractivity contribution >= 4 is 6.08 Å². The molecule has 0 fully saturated rings. The van der Waals surface area contributed by atoms with Gasteiger partial charge in [0.2, 0.25) is 0 Å². The van der Waals surface area contributed by atoms with E-state index in [1.54, 1.807) is 30.9 Å². The zero-order valence-electron chi connectivity index (χ0n) is 9.59. The van der Waals surface area contributed by atoms with Gasteiger partial charge in [-0.25, -0.2) is 0 Å². The van der Waals surface area contributed by atoms with E-state index < -0.39 is 5.09 Å². The molecule has 1 N–H and O–H groups in total. The van der Waals surface area contributed by atoms with Crippen LogP contribution in [-0.4, -0.2) is 20.3 Å². The first kappa shape index (κ1) is 15.2. The number of hydrogen-bond acceptors (Lipinski definition) is 4. The maximum atomic E-state index is 8.36.